The molecule has 1 amide bonds. The predicted octanol–water partition coefficient (Wildman–Crippen LogP) is 4.16. The summed E-state index contributed by atoms with van der Waals surface area (Å²) in [5.41, 5.74) is 4.31. The van der Waals surface area contributed by atoms with E-state index in [0.717, 1.165) is 43.3 Å². The highest BCUT2D eigenvalue weighted by molar-refractivity contribution is 6.19. The summed E-state index contributed by atoms with van der Waals surface area (Å²) in [6.07, 6.45) is 1.69. The van der Waals surface area contributed by atoms with Gasteiger partial charge in [0.15, 0.2) is 0 Å². The standard InChI is InChI=1S/C24H33ClN4O/c1-6-21-20(15-19-9-7-17(2)8-10-19)22(27-18(3)26-21)28-11-13-29(14-12-28)23(30)24(4,5)16-25/h7-10H,6,11-16H2,1-5H3. The number of benzene rings is 1. The van der Waals surface area contributed by atoms with Crippen molar-refractivity contribution in [3.8, 4) is 0 Å². The molecular formula is C24H33ClN4O. The highest BCUT2D eigenvalue weighted by atomic mass is 35.5. The fraction of sp³-hybridized carbons (Fsp3) is 0.542. The van der Waals surface area contributed by atoms with Gasteiger partial charge in [0.05, 0.1) is 5.41 Å². The van der Waals surface area contributed by atoms with Gasteiger partial charge >= 0.3 is 0 Å². The zero-order valence-electron chi connectivity index (χ0n) is 18.8. The molecule has 0 N–H and O–H groups in total. The van der Waals surface area contributed by atoms with Gasteiger partial charge in [0, 0.05) is 49.7 Å². The smallest absolute Gasteiger partial charge is 0.229 e. The lowest BCUT2D eigenvalue weighted by molar-refractivity contribution is -0.139. The number of alkyl halides is 1. The van der Waals surface area contributed by atoms with Crippen LogP contribution in [0.4, 0.5) is 5.82 Å². The molecule has 0 spiro atoms. The van der Waals surface area contributed by atoms with E-state index in [9.17, 15) is 4.79 Å². The first-order chi connectivity index (χ1) is 14.2. The van der Waals surface area contributed by atoms with Crippen LogP contribution in [0.5, 0.6) is 0 Å². The van der Waals surface area contributed by atoms with Crippen LogP contribution in [-0.4, -0.2) is 52.8 Å². The Morgan fingerprint density at radius 2 is 1.70 bits per heavy atom. The van der Waals surface area contributed by atoms with Crippen LogP contribution in [0.3, 0.4) is 0 Å². The summed E-state index contributed by atoms with van der Waals surface area (Å²) in [5, 5.41) is 0. The molecule has 2 aromatic rings. The number of aryl methyl sites for hydroxylation is 3. The molecule has 1 saturated heterocycles. The van der Waals surface area contributed by atoms with Gasteiger partial charge in [0.2, 0.25) is 5.91 Å². The number of carbonyl (C=O) groups excluding carboxylic acids is 1. The van der Waals surface area contributed by atoms with Gasteiger partial charge < -0.3 is 9.80 Å². The summed E-state index contributed by atoms with van der Waals surface area (Å²) in [7, 11) is 0. The molecular weight excluding hydrogens is 396 g/mol. The lowest BCUT2D eigenvalue weighted by Gasteiger charge is -2.39. The summed E-state index contributed by atoms with van der Waals surface area (Å²) in [4.78, 5) is 26.6. The van der Waals surface area contributed by atoms with Crippen molar-refractivity contribution < 1.29 is 4.79 Å². The first-order valence-electron chi connectivity index (χ1n) is 10.8. The summed E-state index contributed by atoms with van der Waals surface area (Å²) in [5.74, 6) is 2.28. The molecule has 0 atom stereocenters. The molecule has 162 valence electrons. The van der Waals surface area contributed by atoms with E-state index in [4.69, 9.17) is 21.6 Å². The van der Waals surface area contributed by atoms with Crippen molar-refractivity contribution in [2.75, 3.05) is 37.0 Å². The fourth-order valence-electron chi connectivity index (χ4n) is 3.89. The molecule has 0 radical (unpaired) electrons. The van der Waals surface area contributed by atoms with Gasteiger partial charge in [-0.3, -0.25) is 4.79 Å². The first-order valence-corrected chi connectivity index (χ1v) is 11.3. The van der Waals surface area contributed by atoms with E-state index in [1.54, 1.807) is 0 Å². The van der Waals surface area contributed by atoms with Gasteiger partial charge in [-0.15, -0.1) is 11.6 Å². The molecule has 0 unspecified atom stereocenters. The molecule has 1 fully saturated rings. The van der Waals surface area contributed by atoms with Crippen molar-refractivity contribution in [3.63, 3.8) is 0 Å². The Kier molecular flexibility index (Phi) is 7.02. The van der Waals surface area contributed by atoms with E-state index in [2.05, 4.69) is 43.0 Å². The number of halogens is 1. The second kappa shape index (κ2) is 9.34. The van der Waals surface area contributed by atoms with Crippen molar-refractivity contribution in [2.24, 2.45) is 5.41 Å². The topological polar surface area (TPSA) is 49.3 Å². The predicted molar refractivity (Wildman–Crippen MR) is 123 cm³/mol. The lowest BCUT2D eigenvalue weighted by atomic mass is 9.94. The van der Waals surface area contributed by atoms with Crippen LogP contribution < -0.4 is 4.90 Å². The van der Waals surface area contributed by atoms with Crippen molar-refractivity contribution >= 4 is 23.3 Å². The summed E-state index contributed by atoms with van der Waals surface area (Å²) >= 11 is 6.02. The molecule has 1 aromatic heterocycles. The second-order valence-corrected chi connectivity index (χ2v) is 9.10. The lowest BCUT2D eigenvalue weighted by Crippen LogP contribution is -2.53. The van der Waals surface area contributed by atoms with Gasteiger partial charge in [-0.05, 0) is 39.7 Å². The summed E-state index contributed by atoms with van der Waals surface area (Å²) < 4.78 is 0. The van der Waals surface area contributed by atoms with E-state index >= 15 is 0 Å². The molecule has 3 rings (SSSR count). The number of anilines is 1. The molecule has 0 aliphatic carbocycles. The van der Waals surface area contributed by atoms with E-state index < -0.39 is 5.41 Å². The molecule has 1 aromatic carbocycles. The normalized spacial score (nSPS) is 14.9. The van der Waals surface area contributed by atoms with Crippen LogP contribution in [-0.2, 0) is 17.6 Å². The SMILES string of the molecule is CCc1nc(C)nc(N2CCN(C(=O)C(C)(C)CCl)CC2)c1Cc1ccc(C)cc1. The third kappa shape index (κ3) is 4.94. The summed E-state index contributed by atoms with van der Waals surface area (Å²) in [6, 6.07) is 8.67. The van der Waals surface area contributed by atoms with Crippen LogP contribution in [0.1, 0.15) is 49.0 Å². The van der Waals surface area contributed by atoms with E-state index in [1.165, 1.54) is 16.7 Å². The molecule has 2 heterocycles. The zero-order chi connectivity index (χ0) is 21.9. The monoisotopic (exact) mass is 428 g/mol. The van der Waals surface area contributed by atoms with Crippen molar-refractivity contribution in [1.82, 2.24) is 14.9 Å². The summed E-state index contributed by atoms with van der Waals surface area (Å²) in [6.45, 7) is 13.0. The number of hydrogen-bond donors (Lipinski definition) is 0. The maximum atomic E-state index is 12.8. The minimum Gasteiger partial charge on any atom is -0.353 e. The van der Waals surface area contributed by atoms with Gasteiger partial charge in [0.25, 0.3) is 0 Å². The Bertz CT molecular complexity index is 887. The van der Waals surface area contributed by atoms with E-state index in [1.807, 2.05) is 25.7 Å². The highest BCUT2D eigenvalue weighted by Gasteiger charge is 2.33. The maximum absolute atomic E-state index is 12.8. The fourth-order valence-corrected chi connectivity index (χ4v) is 4.00. The van der Waals surface area contributed by atoms with Gasteiger partial charge in [-0.1, -0.05) is 36.8 Å². The maximum Gasteiger partial charge on any atom is 0.229 e. The zero-order valence-corrected chi connectivity index (χ0v) is 19.6. The van der Waals surface area contributed by atoms with Crippen molar-refractivity contribution in [2.45, 2.75) is 47.5 Å². The van der Waals surface area contributed by atoms with Crippen LogP contribution in [0.15, 0.2) is 24.3 Å². The highest BCUT2D eigenvalue weighted by Crippen LogP contribution is 2.27. The number of amides is 1. The minimum atomic E-state index is -0.527. The number of hydrogen-bond acceptors (Lipinski definition) is 4. The molecule has 1 aliphatic heterocycles. The van der Waals surface area contributed by atoms with Gasteiger partial charge in [0.1, 0.15) is 11.6 Å². The molecule has 30 heavy (non-hydrogen) atoms. The Labute approximate surface area is 185 Å². The molecule has 0 bridgehead atoms. The van der Waals surface area contributed by atoms with Crippen LogP contribution in [0.2, 0.25) is 0 Å². The Hall–Kier alpha value is -2.14. The molecule has 6 heteroatoms. The van der Waals surface area contributed by atoms with Gasteiger partial charge in [-0.25, -0.2) is 9.97 Å². The number of rotatable bonds is 6. The average molecular weight is 429 g/mol. The molecule has 1 aliphatic rings. The quantitative estimate of drug-likeness (QED) is 0.648. The average Bonchev–Trinajstić information content (AvgIpc) is 2.75. The largest absolute Gasteiger partial charge is 0.353 e. The van der Waals surface area contributed by atoms with Crippen molar-refractivity contribution in [1.29, 1.82) is 0 Å². The van der Waals surface area contributed by atoms with E-state index in [0.29, 0.717) is 19.0 Å². The van der Waals surface area contributed by atoms with Crippen LogP contribution in [0.25, 0.3) is 0 Å². The third-order valence-corrected chi connectivity index (χ3v) is 6.47. The third-order valence-electron chi connectivity index (χ3n) is 5.80. The Balaban J connectivity index is 1.84. The second-order valence-electron chi connectivity index (χ2n) is 8.83. The number of carbonyl (C=O) groups is 1. The minimum absolute atomic E-state index is 0.130. The number of piperazine rings is 1. The number of nitrogens with zero attached hydrogens (tertiary/aromatic N) is 4. The Morgan fingerprint density at radius 3 is 2.27 bits per heavy atom. The van der Waals surface area contributed by atoms with Gasteiger partial charge in [-0.2, -0.15) is 0 Å². The number of aromatic nitrogens is 2. The van der Waals surface area contributed by atoms with Crippen molar-refractivity contribution in [3.05, 3.63) is 52.5 Å². The van der Waals surface area contributed by atoms with Crippen LogP contribution in [0, 0.1) is 19.3 Å². The van der Waals surface area contributed by atoms with Crippen LogP contribution >= 0.6 is 11.6 Å². The van der Waals surface area contributed by atoms with E-state index in [-0.39, 0.29) is 5.91 Å². The molecule has 0 saturated carbocycles. The molecule has 5 nitrogen and oxygen atoms in total. The first kappa shape index (κ1) is 22.5. The Morgan fingerprint density at radius 1 is 1.07 bits per heavy atom.